The quantitative estimate of drug-likeness (QED) is 0.917. The number of fused-ring (bicyclic) bond motifs is 1. The Bertz CT molecular complexity index is 560. The van der Waals surface area contributed by atoms with Crippen molar-refractivity contribution in [3.05, 3.63) is 30.5 Å². The molecular formula is C17H25N3. The van der Waals surface area contributed by atoms with Crippen LogP contribution in [0.3, 0.4) is 0 Å². The van der Waals surface area contributed by atoms with Gasteiger partial charge in [-0.2, -0.15) is 5.10 Å². The van der Waals surface area contributed by atoms with Crippen molar-refractivity contribution < 1.29 is 0 Å². The maximum absolute atomic E-state index is 4.69. The molecule has 0 aliphatic heterocycles. The zero-order valence-corrected chi connectivity index (χ0v) is 12.5. The van der Waals surface area contributed by atoms with Crippen molar-refractivity contribution in [1.82, 2.24) is 15.1 Å². The number of nitrogens with one attached hydrogen (secondary N) is 1. The van der Waals surface area contributed by atoms with Crippen molar-refractivity contribution in [3.63, 3.8) is 0 Å². The van der Waals surface area contributed by atoms with Gasteiger partial charge in [-0.15, -0.1) is 0 Å². The van der Waals surface area contributed by atoms with Crippen LogP contribution in [-0.2, 0) is 0 Å². The van der Waals surface area contributed by atoms with Crippen LogP contribution in [0.1, 0.15) is 45.1 Å². The van der Waals surface area contributed by atoms with E-state index in [9.17, 15) is 0 Å². The van der Waals surface area contributed by atoms with E-state index in [1.54, 1.807) is 0 Å². The molecule has 1 aromatic carbocycles. The van der Waals surface area contributed by atoms with Crippen molar-refractivity contribution in [2.45, 2.75) is 51.1 Å². The van der Waals surface area contributed by atoms with E-state index in [0.717, 1.165) is 5.92 Å². The fraction of sp³-hybridized carbons (Fsp3) is 0.588. The molecule has 0 bridgehead atoms. The minimum Gasteiger partial charge on any atom is -0.315 e. The first-order chi connectivity index (χ1) is 9.83. The van der Waals surface area contributed by atoms with Gasteiger partial charge in [0.25, 0.3) is 0 Å². The predicted octanol–water partition coefficient (Wildman–Crippen LogP) is 3.77. The van der Waals surface area contributed by atoms with Crippen molar-refractivity contribution in [2.75, 3.05) is 7.05 Å². The van der Waals surface area contributed by atoms with E-state index in [-0.39, 0.29) is 0 Å². The molecule has 3 atom stereocenters. The van der Waals surface area contributed by atoms with E-state index in [2.05, 4.69) is 53.3 Å². The molecule has 1 aliphatic rings. The normalized spacial score (nSPS) is 27.0. The van der Waals surface area contributed by atoms with E-state index in [1.165, 1.54) is 43.0 Å². The second-order valence-corrected chi connectivity index (χ2v) is 6.08. The first-order valence-corrected chi connectivity index (χ1v) is 7.93. The molecule has 3 unspecified atom stereocenters. The number of benzene rings is 1. The van der Waals surface area contributed by atoms with E-state index in [1.807, 2.05) is 6.20 Å². The number of rotatable bonds is 4. The van der Waals surface area contributed by atoms with Gasteiger partial charge in [0.05, 0.1) is 17.8 Å². The van der Waals surface area contributed by atoms with Gasteiger partial charge in [-0.05, 0) is 38.3 Å². The van der Waals surface area contributed by atoms with Crippen LogP contribution in [0.25, 0.3) is 10.9 Å². The Kier molecular flexibility index (Phi) is 4.06. The van der Waals surface area contributed by atoms with Crippen LogP contribution >= 0.6 is 0 Å². The molecule has 108 valence electrons. The molecule has 1 aromatic heterocycles. The summed E-state index contributed by atoms with van der Waals surface area (Å²) in [4.78, 5) is 0. The first kappa shape index (κ1) is 13.6. The molecule has 1 saturated carbocycles. The Balaban J connectivity index is 1.92. The van der Waals surface area contributed by atoms with E-state index in [0.29, 0.717) is 12.1 Å². The molecule has 0 spiro atoms. The van der Waals surface area contributed by atoms with Gasteiger partial charge in [0.1, 0.15) is 0 Å². The third kappa shape index (κ3) is 2.47. The fourth-order valence-corrected chi connectivity index (χ4v) is 3.76. The summed E-state index contributed by atoms with van der Waals surface area (Å²) in [6, 6.07) is 9.58. The summed E-state index contributed by atoms with van der Waals surface area (Å²) in [6.45, 7) is 2.29. The highest BCUT2D eigenvalue weighted by Gasteiger charge is 2.31. The van der Waals surface area contributed by atoms with Gasteiger partial charge >= 0.3 is 0 Å². The maximum Gasteiger partial charge on any atom is 0.0686 e. The molecule has 1 N–H and O–H groups in total. The van der Waals surface area contributed by atoms with Crippen molar-refractivity contribution in [2.24, 2.45) is 5.92 Å². The Hall–Kier alpha value is -1.35. The monoisotopic (exact) mass is 271 g/mol. The Labute approximate surface area is 121 Å². The molecule has 2 aromatic rings. The highest BCUT2D eigenvalue weighted by Crippen LogP contribution is 2.36. The van der Waals surface area contributed by atoms with Crippen LogP contribution in [0, 0.1) is 5.92 Å². The van der Waals surface area contributed by atoms with Gasteiger partial charge < -0.3 is 5.32 Å². The molecular weight excluding hydrogens is 246 g/mol. The molecule has 1 heterocycles. The Morgan fingerprint density at radius 3 is 2.95 bits per heavy atom. The predicted molar refractivity (Wildman–Crippen MR) is 83.9 cm³/mol. The minimum atomic E-state index is 0.491. The lowest BCUT2D eigenvalue weighted by Gasteiger charge is -2.36. The van der Waals surface area contributed by atoms with Crippen LogP contribution in [0.15, 0.2) is 30.5 Å². The SMILES string of the molecule is CCCC1CCC(NC)C(n2ncc3ccccc32)C1. The molecule has 1 aliphatic carbocycles. The number of likely N-dealkylation sites (N-methyl/N-ethyl adjacent to an activating group) is 1. The van der Waals surface area contributed by atoms with Gasteiger partial charge in [0, 0.05) is 11.4 Å². The standard InChI is InChI=1S/C17H25N3/c1-3-6-13-9-10-15(18-2)17(11-13)20-16-8-5-4-7-14(16)12-19-20/h4-5,7-8,12-13,15,17-18H,3,6,9-11H2,1-2H3. The summed E-state index contributed by atoms with van der Waals surface area (Å²) < 4.78 is 2.26. The van der Waals surface area contributed by atoms with Gasteiger partial charge in [-0.1, -0.05) is 38.0 Å². The smallest absolute Gasteiger partial charge is 0.0686 e. The summed E-state index contributed by atoms with van der Waals surface area (Å²) in [5.74, 6) is 0.859. The van der Waals surface area contributed by atoms with Crippen LogP contribution in [0.2, 0.25) is 0 Å². The highest BCUT2D eigenvalue weighted by molar-refractivity contribution is 5.78. The topological polar surface area (TPSA) is 29.9 Å². The van der Waals surface area contributed by atoms with E-state index in [4.69, 9.17) is 0 Å². The van der Waals surface area contributed by atoms with Crippen LogP contribution in [0.5, 0.6) is 0 Å². The van der Waals surface area contributed by atoms with Crippen molar-refractivity contribution in [1.29, 1.82) is 0 Å². The summed E-state index contributed by atoms with van der Waals surface area (Å²) in [7, 11) is 2.09. The largest absolute Gasteiger partial charge is 0.315 e. The van der Waals surface area contributed by atoms with Gasteiger partial charge in [-0.25, -0.2) is 0 Å². The maximum atomic E-state index is 4.69. The Morgan fingerprint density at radius 2 is 2.15 bits per heavy atom. The number of hydrogen-bond donors (Lipinski definition) is 1. The molecule has 3 nitrogen and oxygen atoms in total. The number of aromatic nitrogens is 2. The number of para-hydroxylation sites is 1. The molecule has 20 heavy (non-hydrogen) atoms. The van der Waals surface area contributed by atoms with Crippen LogP contribution in [0.4, 0.5) is 0 Å². The zero-order chi connectivity index (χ0) is 13.9. The molecule has 0 saturated heterocycles. The van der Waals surface area contributed by atoms with E-state index >= 15 is 0 Å². The van der Waals surface area contributed by atoms with Crippen molar-refractivity contribution >= 4 is 10.9 Å². The second-order valence-electron chi connectivity index (χ2n) is 6.08. The first-order valence-electron chi connectivity index (χ1n) is 7.93. The van der Waals surface area contributed by atoms with Gasteiger partial charge in [0.15, 0.2) is 0 Å². The summed E-state index contributed by atoms with van der Waals surface area (Å²) in [6.07, 6.45) is 8.53. The Morgan fingerprint density at radius 1 is 1.30 bits per heavy atom. The van der Waals surface area contributed by atoms with Crippen molar-refractivity contribution in [3.8, 4) is 0 Å². The lowest BCUT2D eigenvalue weighted by atomic mass is 9.80. The fourth-order valence-electron chi connectivity index (χ4n) is 3.76. The molecule has 3 heteroatoms. The molecule has 0 radical (unpaired) electrons. The van der Waals surface area contributed by atoms with Crippen LogP contribution in [-0.4, -0.2) is 22.9 Å². The minimum absolute atomic E-state index is 0.491. The third-order valence-electron chi connectivity index (χ3n) is 4.81. The zero-order valence-electron chi connectivity index (χ0n) is 12.5. The lowest BCUT2D eigenvalue weighted by Crippen LogP contribution is -2.40. The molecule has 0 amide bonds. The summed E-state index contributed by atoms with van der Waals surface area (Å²) >= 11 is 0. The van der Waals surface area contributed by atoms with Gasteiger partial charge in [0.2, 0.25) is 0 Å². The average Bonchev–Trinajstić information content (AvgIpc) is 2.91. The average molecular weight is 271 g/mol. The van der Waals surface area contributed by atoms with Gasteiger partial charge in [-0.3, -0.25) is 4.68 Å². The number of nitrogens with zero attached hydrogens (tertiary/aromatic N) is 2. The second kappa shape index (κ2) is 5.96. The lowest BCUT2D eigenvalue weighted by molar-refractivity contribution is 0.197. The van der Waals surface area contributed by atoms with Crippen LogP contribution < -0.4 is 5.32 Å². The summed E-state index contributed by atoms with van der Waals surface area (Å²) in [5, 5.41) is 9.45. The third-order valence-corrected chi connectivity index (χ3v) is 4.81. The highest BCUT2D eigenvalue weighted by atomic mass is 15.3. The molecule has 1 fully saturated rings. The van der Waals surface area contributed by atoms with E-state index < -0.39 is 0 Å². The molecule has 3 rings (SSSR count). The summed E-state index contributed by atoms with van der Waals surface area (Å²) in [5.41, 5.74) is 1.27. The number of hydrogen-bond acceptors (Lipinski definition) is 2.